The molecule has 0 spiro atoms. The number of aromatic carboxylic acids is 1. The number of thiazole rings is 1. The first kappa shape index (κ1) is 13.2. The van der Waals surface area contributed by atoms with Gasteiger partial charge in [0.25, 0.3) is 0 Å². The number of carbonyl (C=O) groups is 1. The first-order valence-electron chi connectivity index (χ1n) is 5.52. The number of hydrogen-bond acceptors (Lipinski definition) is 3. The van der Waals surface area contributed by atoms with Crippen molar-refractivity contribution in [3.05, 3.63) is 38.9 Å². The lowest BCUT2D eigenvalue weighted by atomic mass is 10.1. The van der Waals surface area contributed by atoms with Crippen molar-refractivity contribution in [2.75, 3.05) is 0 Å². The molecule has 0 aliphatic rings. The van der Waals surface area contributed by atoms with Crippen LogP contribution in [-0.2, 0) is 6.42 Å². The summed E-state index contributed by atoms with van der Waals surface area (Å²) in [6, 6.07) is 5.82. The van der Waals surface area contributed by atoms with Gasteiger partial charge in [-0.1, -0.05) is 28.9 Å². The van der Waals surface area contributed by atoms with Crippen LogP contribution in [0.5, 0.6) is 0 Å². The number of carboxylic acids is 1. The summed E-state index contributed by atoms with van der Waals surface area (Å²) in [5.41, 5.74) is 2.14. The molecule has 2 rings (SSSR count). The molecule has 5 heteroatoms. The van der Waals surface area contributed by atoms with Crippen molar-refractivity contribution in [1.82, 2.24) is 4.98 Å². The smallest absolute Gasteiger partial charge is 0.356 e. The molecule has 3 nitrogen and oxygen atoms in total. The Morgan fingerprint density at radius 3 is 2.78 bits per heavy atom. The normalized spacial score (nSPS) is 10.6. The Morgan fingerprint density at radius 1 is 1.50 bits per heavy atom. The molecule has 1 heterocycles. The molecule has 18 heavy (non-hydrogen) atoms. The standard InChI is InChI=1S/C13H12BrNO2S/c1-3-10-15-11(13(16)17)12(18-10)8-4-5-9(14)7(2)6-8/h4-6H,3H2,1-2H3,(H,16,17). The number of hydrogen-bond donors (Lipinski definition) is 1. The molecule has 0 radical (unpaired) electrons. The third kappa shape index (κ3) is 2.47. The minimum absolute atomic E-state index is 0.151. The van der Waals surface area contributed by atoms with Crippen molar-refractivity contribution >= 4 is 33.2 Å². The quantitative estimate of drug-likeness (QED) is 0.922. The first-order valence-corrected chi connectivity index (χ1v) is 7.13. The summed E-state index contributed by atoms with van der Waals surface area (Å²) in [4.78, 5) is 16.1. The molecule has 1 aromatic carbocycles. The molecule has 0 saturated heterocycles. The van der Waals surface area contributed by atoms with Crippen molar-refractivity contribution in [1.29, 1.82) is 0 Å². The SMILES string of the molecule is CCc1nc(C(=O)O)c(-c2ccc(Br)c(C)c2)s1. The van der Waals surface area contributed by atoms with E-state index in [9.17, 15) is 9.90 Å². The second-order valence-corrected chi connectivity index (χ2v) is 5.85. The second kappa shape index (κ2) is 5.20. The van der Waals surface area contributed by atoms with Gasteiger partial charge in [-0.05, 0) is 36.6 Å². The summed E-state index contributed by atoms with van der Waals surface area (Å²) in [6.07, 6.45) is 0.750. The Bertz CT molecular complexity index is 607. The Balaban J connectivity index is 2.58. The highest BCUT2D eigenvalue weighted by atomic mass is 79.9. The van der Waals surface area contributed by atoms with Crippen LogP contribution in [-0.4, -0.2) is 16.1 Å². The third-order valence-electron chi connectivity index (χ3n) is 2.60. The highest BCUT2D eigenvalue weighted by Gasteiger charge is 2.18. The van der Waals surface area contributed by atoms with Crippen LogP contribution < -0.4 is 0 Å². The monoisotopic (exact) mass is 325 g/mol. The van der Waals surface area contributed by atoms with Crippen molar-refractivity contribution in [3.8, 4) is 10.4 Å². The van der Waals surface area contributed by atoms with Crippen LogP contribution in [0.25, 0.3) is 10.4 Å². The Hall–Kier alpha value is -1.20. The average Bonchev–Trinajstić information content (AvgIpc) is 2.77. The number of carboxylic acid groups (broad SMARTS) is 1. The maximum Gasteiger partial charge on any atom is 0.356 e. The number of rotatable bonds is 3. The van der Waals surface area contributed by atoms with Gasteiger partial charge >= 0.3 is 5.97 Å². The van der Waals surface area contributed by atoms with Crippen LogP contribution in [0.3, 0.4) is 0 Å². The number of aryl methyl sites for hydroxylation is 2. The van der Waals surface area contributed by atoms with E-state index in [1.807, 2.05) is 32.0 Å². The van der Waals surface area contributed by atoms with Crippen molar-refractivity contribution in [2.45, 2.75) is 20.3 Å². The largest absolute Gasteiger partial charge is 0.476 e. The maximum absolute atomic E-state index is 11.2. The molecule has 1 aromatic heterocycles. The molecule has 1 N–H and O–H groups in total. The molecule has 0 fully saturated rings. The van der Waals surface area contributed by atoms with E-state index in [0.29, 0.717) is 0 Å². The van der Waals surface area contributed by atoms with E-state index in [1.165, 1.54) is 11.3 Å². The van der Waals surface area contributed by atoms with Gasteiger partial charge in [-0.25, -0.2) is 9.78 Å². The van der Waals surface area contributed by atoms with Gasteiger partial charge in [-0.3, -0.25) is 0 Å². The Labute approximate surface area is 118 Å². The van der Waals surface area contributed by atoms with Gasteiger partial charge in [-0.2, -0.15) is 0 Å². The first-order chi connectivity index (χ1) is 8.52. The fraction of sp³-hybridized carbons (Fsp3) is 0.231. The van der Waals surface area contributed by atoms with E-state index in [-0.39, 0.29) is 5.69 Å². The summed E-state index contributed by atoms with van der Waals surface area (Å²) >= 11 is 4.89. The van der Waals surface area contributed by atoms with Gasteiger partial charge in [-0.15, -0.1) is 11.3 Å². The van der Waals surface area contributed by atoms with Gasteiger partial charge in [0.1, 0.15) is 0 Å². The number of halogens is 1. The minimum Gasteiger partial charge on any atom is -0.476 e. The number of nitrogens with zero attached hydrogens (tertiary/aromatic N) is 1. The lowest BCUT2D eigenvalue weighted by Gasteiger charge is -2.02. The lowest BCUT2D eigenvalue weighted by molar-refractivity contribution is 0.0692. The van der Waals surface area contributed by atoms with Gasteiger partial charge in [0, 0.05) is 4.47 Å². The molecule has 94 valence electrons. The predicted octanol–water partition coefficient (Wildman–Crippen LogP) is 4.14. The molecular formula is C13H12BrNO2S. The van der Waals surface area contributed by atoms with E-state index in [0.717, 1.165) is 31.9 Å². The summed E-state index contributed by atoms with van der Waals surface area (Å²) < 4.78 is 1.02. The molecule has 2 aromatic rings. The van der Waals surface area contributed by atoms with E-state index in [1.54, 1.807) is 0 Å². The predicted molar refractivity (Wildman–Crippen MR) is 76.3 cm³/mol. The Kier molecular flexibility index (Phi) is 3.82. The zero-order chi connectivity index (χ0) is 13.3. The van der Waals surface area contributed by atoms with Crippen LogP contribution in [0.1, 0.15) is 28.0 Å². The molecule has 0 saturated carbocycles. The fourth-order valence-corrected chi connectivity index (χ4v) is 2.88. The highest BCUT2D eigenvalue weighted by molar-refractivity contribution is 9.10. The fourth-order valence-electron chi connectivity index (χ4n) is 1.64. The van der Waals surface area contributed by atoms with Gasteiger partial charge in [0.05, 0.1) is 9.88 Å². The van der Waals surface area contributed by atoms with Gasteiger partial charge < -0.3 is 5.11 Å². The second-order valence-electron chi connectivity index (χ2n) is 3.91. The number of aromatic nitrogens is 1. The minimum atomic E-state index is -0.971. The van der Waals surface area contributed by atoms with E-state index in [4.69, 9.17) is 0 Å². The maximum atomic E-state index is 11.2. The highest BCUT2D eigenvalue weighted by Crippen LogP contribution is 2.32. The van der Waals surface area contributed by atoms with Crippen LogP contribution in [0.4, 0.5) is 0 Å². The molecule has 0 aliphatic heterocycles. The molecular weight excluding hydrogens is 314 g/mol. The molecule has 0 bridgehead atoms. The molecule has 0 atom stereocenters. The molecule has 0 aliphatic carbocycles. The van der Waals surface area contributed by atoms with Crippen LogP contribution >= 0.6 is 27.3 Å². The van der Waals surface area contributed by atoms with Crippen molar-refractivity contribution in [3.63, 3.8) is 0 Å². The van der Waals surface area contributed by atoms with E-state index in [2.05, 4.69) is 20.9 Å². The lowest BCUT2D eigenvalue weighted by Crippen LogP contribution is -1.99. The van der Waals surface area contributed by atoms with Gasteiger partial charge in [0.2, 0.25) is 0 Å². The van der Waals surface area contributed by atoms with Crippen LogP contribution in [0.2, 0.25) is 0 Å². The average molecular weight is 326 g/mol. The Morgan fingerprint density at radius 2 is 2.22 bits per heavy atom. The topological polar surface area (TPSA) is 50.2 Å². The summed E-state index contributed by atoms with van der Waals surface area (Å²) in [5, 5.41) is 10.0. The number of benzene rings is 1. The summed E-state index contributed by atoms with van der Waals surface area (Å²) in [5.74, 6) is -0.971. The molecule has 0 amide bonds. The third-order valence-corrected chi connectivity index (χ3v) is 4.74. The van der Waals surface area contributed by atoms with E-state index >= 15 is 0 Å². The zero-order valence-electron chi connectivity index (χ0n) is 10.0. The molecule has 0 unspecified atom stereocenters. The summed E-state index contributed by atoms with van der Waals surface area (Å²) in [6.45, 7) is 3.96. The van der Waals surface area contributed by atoms with E-state index < -0.39 is 5.97 Å². The van der Waals surface area contributed by atoms with Crippen molar-refractivity contribution in [2.24, 2.45) is 0 Å². The van der Waals surface area contributed by atoms with Crippen LogP contribution in [0.15, 0.2) is 22.7 Å². The van der Waals surface area contributed by atoms with Gasteiger partial charge in [0.15, 0.2) is 5.69 Å². The zero-order valence-corrected chi connectivity index (χ0v) is 12.4. The van der Waals surface area contributed by atoms with Crippen LogP contribution in [0, 0.1) is 6.92 Å². The van der Waals surface area contributed by atoms with Crippen molar-refractivity contribution < 1.29 is 9.90 Å². The summed E-state index contributed by atoms with van der Waals surface area (Å²) in [7, 11) is 0.